The van der Waals surface area contributed by atoms with Crippen LogP contribution in [0.5, 0.6) is 0 Å². The van der Waals surface area contributed by atoms with E-state index in [0.29, 0.717) is 5.92 Å². The van der Waals surface area contributed by atoms with Crippen molar-refractivity contribution < 1.29 is 0 Å². The highest BCUT2D eigenvalue weighted by atomic mass is 15.0. The Morgan fingerprint density at radius 1 is 0.606 bits per heavy atom. The van der Waals surface area contributed by atoms with E-state index in [9.17, 15) is 0 Å². The molecule has 160 valence electrons. The van der Waals surface area contributed by atoms with Crippen LogP contribution < -0.4 is 0 Å². The average molecular weight is 426 g/mol. The minimum Gasteiger partial charge on any atom is -0.309 e. The maximum atomic E-state index is 2.45. The van der Waals surface area contributed by atoms with Crippen LogP contribution in [0.15, 0.2) is 109 Å². The molecular formula is C32H27N. The highest BCUT2D eigenvalue weighted by Gasteiger charge is 2.15. The van der Waals surface area contributed by atoms with Crippen molar-refractivity contribution in [3.8, 4) is 16.8 Å². The molecule has 0 saturated carbocycles. The third-order valence-electron chi connectivity index (χ3n) is 7.05. The van der Waals surface area contributed by atoms with Gasteiger partial charge in [-0.15, -0.1) is 0 Å². The van der Waals surface area contributed by atoms with Crippen molar-refractivity contribution in [3.05, 3.63) is 115 Å². The molecule has 0 radical (unpaired) electrons. The SMILES string of the molecule is CCC(C)c1ccc2c3cc4ccccc4cc3n(-c3cccc(-c4ccccc4)c3)c2c1. The van der Waals surface area contributed by atoms with Crippen molar-refractivity contribution in [1.82, 2.24) is 4.57 Å². The number of rotatable bonds is 4. The molecule has 0 fully saturated rings. The Bertz CT molecular complexity index is 1600. The van der Waals surface area contributed by atoms with Crippen molar-refractivity contribution >= 4 is 32.6 Å². The first-order chi connectivity index (χ1) is 16.2. The van der Waals surface area contributed by atoms with Crippen LogP contribution in [-0.4, -0.2) is 4.57 Å². The molecule has 1 aromatic heterocycles. The van der Waals surface area contributed by atoms with E-state index in [1.165, 1.54) is 55.0 Å². The van der Waals surface area contributed by atoms with E-state index < -0.39 is 0 Å². The molecule has 1 unspecified atom stereocenters. The fraction of sp³-hybridized carbons (Fsp3) is 0.125. The van der Waals surface area contributed by atoms with E-state index in [1.54, 1.807) is 0 Å². The molecule has 6 aromatic rings. The predicted octanol–water partition coefficient (Wildman–Crippen LogP) is 9.12. The van der Waals surface area contributed by atoms with Crippen LogP contribution >= 0.6 is 0 Å². The van der Waals surface area contributed by atoms with Crippen LogP contribution in [0.25, 0.3) is 49.4 Å². The molecule has 0 bridgehead atoms. The number of nitrogens with zero attached hydrogens (tertiary/aromatic N) is 1. The second-order valence-corrected chi connectivity index (χ2v) is 9.05. The minimum absolute atomic E-state index is 0.538. The summed E-state index contributed by atoms with van der Waals surface area (Å²) in [5, 5.41) is 5.18. The Morgan fingerprint density at radius 3 is 2.09 bits per heavy atom. The molecule has 1 atom stereocenters. The summed E-state index contributed by atoms with van der Waals surface area (Å²) in [7, 11) is 0. The van der Waals surface area contributed by atoms with Gasteiger partial charge in [0.15, 0.2) is 0 Å². The van der Waals surface area contributed by atoms with Crippen molar-refractivity contribution in [2.75, 3.05) is 0 Å². The molecule has 0 spiro atoms. The van der Waals surface area contributed by atoms with Gasteiger partial charge in [-0.3, -0.25) is 0 Å². The molecule has 0 aliphatic rings. The standard InChI is InChI=1S/C32H27N/c1-3-22(2)24-16-17-29-30-19-26-12-7-8-13-27(26)21-32(30)33(31(29)20-24)28-15-9-14-25(18-28)23-10-5-4-6-11-23/h4-22H,3H2,1-2H3. The van der Waals surface area contributed by atoms with Gasteiger partial charge in [0.1, 0.15) is 0 Å². The maximum absolute atomic E-state index is 2.45. The van der Waals surface area contributed by atoms with Crippen molar-refractivity contribution in [2.24, 2.45) is 0 Å². The van der Waals surface area contributed by atoms with Crippen molar-refractivity contribution in [3.63, 3.8) is 0 Å². The van der Waals surface area contributed by atoms with E-state index in [1.807, 2.05) is 0 Å². The van der Waals surface area contributed by atoms with Gasteiger partial charge in [0.25, 0.3) is 0 Å². The number of hydrogen-bond donors (Lipinski definition) is 0. The first-order valence-corrected chi connectivity index (χ1v) is 11.9. The fourth-order valence-electron chi connectivity index (χ4n) is 5.00. The predicted molar refractivity (Wildman–Crippen MR) is 142 cm³/mol. The zero-order valence-electron chi connectivity index (χ0n) is 19.1. The lowest BCUT2D eigenvalue weighted by molar-refractivity contribution is 0.734. The zero-order valence-corrected chi connectivity index (χ0v) is 19.1. The summed E-state index contributed by atoms with van der Waals surface area (Å²) in [5.74, 6) is 0.538. The average Bonchev–Trinajstić information content (AvgIpc) is 3.20. The Kier molecular flexibility index (Phi) is 4.77. The first-order valence-electron chi connectivity index (χ1n) is 11.9. The van der Waals surface area contributed by atoms with E-state index in [-0.39, 0.29) is 0 Å². The third-order valence-corrected chi connectivity index (χ3v) is 7.05. The van der Waals surface area contributed by atoms with Crippen LogP contribution in [0.3, 0.4) is 0 Å². The molecule has 1 heterocycles. The summed E-state index contributed by atoms with van der Waals surface area (Å²) < 4.78 is 2.45. The second kappa shape index (κ2) is 7.94. The molecule has 1 nitrogen and oxygen atoms in total. The number of aromatic nitrogens is 1. The summed E-state index contributed by atoms with van der Waals surface area (Å²) in [6.45, 7) is 4.58. The highest BCUT2D eigenvalue weighted by molar-refractivity contribution is 6.13. The Labute approximate surface area is 194 Å². The lowest BCUT2D eigenvalue weighted by atomic mass is 9.97. The van der Waals surface area contributed by atoms with Gasteiger partial charge in [0, 0.05) is 16.5 Å². The summed E-state index contributed by atoms with van der Waals surface area (Å²) in [5.41, 5.74) is 7.62. The molecule has 1 heteroatoms. The molecule has 0 aliphatic carbocycles. The molecule has 0 saturated heterocycles. The van der Waals surface area contributed by atoms with Gasteiger partial charge in [-0.1, -0.05) is 92.7 Å². The van der Waals surface area contributed by atoms with E-state index in [4.69, 9.17) is 0 Å². The summed E-state index contributed by atoms with van der Waals surface area (Å²) in [4.78, 5) is 0. The van der Waals surface area contributed by atoms with Crippen LogP contribution in [0.1, 0.15) is 31.7 Å². The maximum Gasteiger partial charge on any atom is 0.0547 e. The van der Waals surface area contributed by atoms with Gasteiger partial charge in [-0.2, -0.15) is 0 Å². The van der Waals surface area contributed by atoms with Crippen LogP contribution in [0, 0.1) is 0 Å². The molecule has 0 aliphatic heterocycles. The van der Waals surface area contributed by atoms with E-state index in [2.05, 4.69) is 128 Å². The topological polar surface area (TPSA) is 4.93 Å². The summed E-state index contributed by atoms with van der Waals surface area (Å²) in [6, 6.07) is 40.0. The Morgan fingerprint density at radius 2 is 1.30 bits per heavy atom. The number of hydrogen-bond acceptors (Lipinski definition) is 0. The normalized spacial score (nSPS) is 12.5. The van der Waals surface area contributed by atoms with Crippen LogP contribution in [0.4, 0.5) is 0 Å². The lowest BCUT2D eigenvalue weighted by Gasteiger charge is -2.13. The fourth-order valence-corrected chi connectivity index (χ4v) is 5.00. The Hall–Kier alpha value is -3.84. The summed E-state index contributed by atoms with van der Waals surface area (Å²) in [6.07, 6.45) is 1.14. The molecular weight excluding hydrogens is 398 g/mol. The largest absolute Gasteiger partial charge is 0.309 e. The van der Waals surface area contributed by atoms with Crippen molar-refractivity contribution in [2.45, 2.75) is 26.2 Å². The molecule has 0 N–H and O–H groups in total. The summed E-state index contributed by atoms with van der Waals surface area (Å²) >= 11 is 0. The molecule has 6 rings (SSSR count). The molecule has 33 heavy (non-hydrogen) atoms. The molecule has 5 aromatic carbocycles. The number of fused-ring (bicyclic) bond motifs is 4. The molecule has 0 amide bonds. The highest BCUT2D eigenvalue weighted by Crippen LogP contribution is 2.37. The van der Waals surface area contributed by atoms with E-state index >= 15 is 0 Å². The van der Waals surface area contributed by atoms with Gasteiger partial charge in [0.05, 0.1) is 11.0 Å². The smallest absolute Gasteiger partial charge is 0.0547 e. The van der Waals surface area contributed by atoms with Crippen molar-refractivity contribution in [1.29, 1.82) is 0 Å². The lowest BCUT2D eigenvalue weighted by Crippen LogP contribution is -1.96. The zero-order chi connectivity index (χ0) is 22.4. The quantitative estimate of drug-likeness (QED) is 0.265. The third kappa shape index (κ3) is 3.32. The van der Waals surface area contributed by atoms with Gasteiger partial charge < -0.3 is 4.57 Å². The monoisotopic (exact) mass is 425 g/mol. The van der Waals surface area contributed by atoms with Crippen LogP contribution in [-0.2, 0) is 0 Å². The van der Waals surface area contributed by atoms with Crippen LogP contribution in [0.2, 0.25) is 0 Å². The number of benzene rings is 5. The van der Waals surface area contributed by atoms with E-state index in [0.717, 1.165) is 6.42 Å². The Balaban J connectivity index is 1.69. The second-order valence-electron chi connectivity index (χ2n) is 9.05. The van der Waals surface area contributed by atoms with Gasteiger partial charge in [-0.05, 0) is 70.1 Å². The minimum atomic E-state index is 0.538. The first kappa shape index (κ1) is 19.8. The van der Waals surface area contributed by atoms with Gasteiger partial charge in [0.2, 0.25) is 0 Å². The van der Waals surface area contributed by atoms with Gasteiger partial charge >= 0.3 is 0 Å². The van der Waals surface area contributed by atoms with Gasteiger partial charge in [-0.25, -0.2) is 0 Å².